The van der Waals surface area contributed by atoms with Gasteiger partial charge in [-0.1, -0.05) is 12.1 Å². The third kappa shape index (κ3) is 12.5. The minimum absolute atomic E-state index is 0. The minimum Gasteiger partial charge on any atom is -0.261 e. The summed E-state index contributed by atoms with van der Waals surface area (Å²) in [6.45, 7) is 4.09. The number of nitrogens with zero attached hydrogens (tertiary/aromatic N) is 4. The van der Waals surface area contributed by atoms with Gasteiger partial charge in [-0.25, -0.2) is 0 Å². The molecule has 10 heteroatoms. The Balaban J connectivity index is -0.000000607. The molecule has 4 nitrogen and oxygen atoms in total. The summed E-state index contributed by atoms with van der Waals surface area (Å²) in [5.74, 6) is 0. The molecule has 0 atom stereocenters. The number of aliphatic imine (C=N–C) groups is 2. The van der Waals surface area contributed by atoms with Crippen molar-refractivity contribution in [3.63, 3.8) is 0 Å². The third-order valence-electron chi connectivity index (χ3n) is 3.80. The fourth-order valence-electron chi connectivity index (χ4n) is 2.41. The molecule has 0 fully saturated rings. The zero-order valence-electron chi connectivity index (χ0n) is 16.7. The fourth-order valence-corrected chi connectivity index (χ4v) is 2.41. The van der Waals surface area contributed by atoms with Gasteiger partial charge < -0.3 is 0 Å². The van der Waals surface area contributed by atoms with Crippen molar-refractivity contribution in [2.45, 2.75) is 20.3 Å². The van der Waals surface area contributed by atoms with E-state index in [2.05, 4.69) is 32.1 Å². The Labute approximate surface area is 246 Å². The molecule has 0 saturated heterocycles. The molecule has 0 unspecified atom stereocenters. The molecule has 2 heterocycles. The van der Waals surface area contributed by atoms with E-state index in [-0.39, 0.29) is 101 Å². The van der Waals surface area contributed by atoms with Crippen molar-refractivity contribution < 1.29 is 33.0 Å². The molecule has 176 valence electrons. The monoisotopic (exact) mass is 764 g/mol. The van der Waals surface area contributed by atoms with Crippen LogP contribution in [0.15, 0.2) is 70.9 Å². The van der Waals surface area contributed by atoms with Crippen LogP contribution in [0.3, 0.4) is 0 Å². The van der Waals surface area contributed by atoms with Crippen molar-refractivity contribution in [2.24, 2.45) is 9.98 Å². The number of pyridine rings is 2. The second-order valence-electron chi connectivity index (χ2n) is 5.77. The number of rotatable bonds is 5. The van der Waals surface area contributed by atoms with Gasteiger partial charge in [-0.05, 0) is 61.4 Å². The molecule has 31 heavy (non-hydrogen) atoms. The maximum Gasteiger partial charge on any atom is 0.0812 e. The van der Waals surface area contributed by atoms with E-state index in [1.54, 1.807) is 18.6 Å². The van der Waals surface area contributed by atoms with Crippen molar-refractivity contribution in [3.05, 3.63) is 83.4 Å². The molecular weight excluding hydrogens is 745 g/mol. The molecule has 0 saturated carbocycles. The van der Waals surface area contributed by atoms with E-state index in [0.29, 0.717) is 0 Å². The Morgan fingerprint density at radius 2 is 1.29 bits per heavy atom. The molecule has 0 spiro atoms. The summed E-state index contributed by atoms with van der Waals surface area (Å²) in [4.78, 5) is 17.7. The molecule has 0 radical (unpaired) electrons. The normalized spacial score (nSPS) is 9.23. The van der Waals surface area contributed by atoms with E-state index in [9.17, 15) is 0 Å². The van der Waals surface area contributed by atoms with Crippen LogP contribution in [0.1, 0.15) is 22.5 Å². The first-order chi connectivity index (χ1) is 12.2. The van der Waals surface area contributed by atoms with Gasteiger partial charge in [0.05, 0.1) is 23.3 Å². The summed E-state index contributed by atoms with van der Waals surface area (Å²) < 4.78 is 0. The van der Waals surface area contributed by atoms with Crippen molar-refractivity contribution >= 4 is 91.7 Å². The number of benzene rings is 1. The quantitative estimate of drug-likeness (QED) is 0.206. The molecule has 3 aromatic rings. The summed E-state index contributed by atoms with van der Waals surface area (Å²) in [6, 6.07) is 15.8. The third-order valence-corrected chi connectivity index (χ3v) is 3.80. The number of halogens is 4. The van der Waals surface area contributed by atoms with Gasteiger partial charge in [0.1, 0.15) is 0 Å². The summed E-state index contributed by atoms with van der Waals surface area (Å²) in [6.07, 6.45) is 7.97. The average Bonchev–Trinajstić information content (AvgIpc) is 2.65. The van der Waals surface area contributed by atoms with E-state index in [1.165, 1.54) is 0 Å². The first-order valence-corrected chi connectivity index (χ1v) is 8.21. The van der Waals surface area contributed by atoms with Crippen LogP contribution in [0, 0.1) is 13.8 Å². The molecule has 0 aliphatic rings. The maximum atomic E-state index is 4.59. The first kappa shape index (κ1) is 38.1. The molecular formula is C21H24Br4N4Ni2. The van der Waals surface area contributed by atoms with Crippen molar-refractivity contribution in [2.75, 3.05) is 0 Å². The Bertz CT molecular complexity index is 912. The summed E-state index contributed by atoms with van der Waals surface area (Å²) >= 11 is 0. The van der Waals surface area contributed by atoms with Crippen molar-refractivity contribution in [3.8, 4) is 0 Å². The fraction of sp³-hybridized carbons (Fsp3) is 0.143. The van der Waals surface area contributed by atoms with Gasteiger partial charge in [-0.2, -0.15) is 0 Å². The number of aryl methyl sites for hydroxylation is 2. The van der Waals surface area contributed by atoms with Gasteiger partial charge in [0.25, 0.3) is 0 Å². The maximum absolute atomic E-state index is 4.59. The van der Waals surface area contributed by atoms with Gasteiger partial charge >= 0.3 is 0 Å². The van der Waals surface area contributed by atoms with Gasteiger partial charge in [0, 0.05) is 63.7 Å². The Morgan fingerprint density at radius 3 is 1.81 bits per heavy atom. The molecule has 2 aromatic heterocycles. The molecule has 0 aliphatic carbocycles. The summed E-state index contributed by atoms with van der Waals surface area (Å²) in [7, 11) is 0. The van der Waals surface area contributed by atoms with Crippen LogP contribution in [0.25, 0.3) is 0 Å². The van der Waals surface area contributed by atoms with Gasteiger partial charge in [0.15, 0.2) is 0 Å². The molecule has 0 amide bonds. The first-order valence-electron chi connectivity index (χ1n) is 8.21. The summed E-state index contributed by atoms with van der Waals surface area (Å²) in [5.41, 5.74) is 5.94. The van der Waals surface area contributed by atoms with Crippen LogP contribution >= 0.6 is 67.9 Å². The molecule has 0 N–H and O–H groups in total. The number of hydrogen-bond acceptors (Lipinski definition) is 4. The van der Waals surface area contributed by atoms with Crippen LogP contribution in [0.4, 0.5) is 11.4 Å². The zero-order valence-corrected chi connectivity index (χ0v) is 25.5. The van der Waals surface area contributed by atoms with Gasteiger partial charge in [0.2, 0.25) is 0 Å². The topological polar surface area (TPSA) is 50.5 Å². The predicted molar refractivity (Wildman–Crippen MR) is 145 cm³/mol. The Kier molecular flexibility index (Phi) is 25.0. The van der Waals surface area contributed by atoms with E-state index in [4.69, 9.17) is 0 Å². The predicted octanol–water partition coefficient (Wildman–Crippen LogP) is 7.10. The number of hydrogen-bond donors (Lipinski definition) is 0. The van der Waals surface area contributed by atoms with E-state index >= 15 is 0 Å². The van der Waals surface area contributed by atoms with E-state index < -0.39 is 0 Å². The molecule has 1 aromatic carbocycles. The van der Waals surface area contributed by atoms with E-state index in [1.807, 2.05) is 56.5 Å². The summed E-state index contributed by atoms with van der Waals surface area (Å²) in [5, 5.41) is 0. The van der Waals surface area contributed by atoms with Crippen LogP contribution in [0.2, 0.25) is 0 Å². The second kappa shape index (κ2) is 20.4. The van der Waals surface area contributed by atoms with Crippen LogP contribution < -0.4 is 0 Å². The van der Waals surface area contributed by atoms with Crippen LogP contribution in [-0.4, -0.2) is 22.4 Å². The Morgan fingerprint density at radius 1 is 0.742 bits per heavy atom. The Hall–Kier alpha value is -0.233. The van der Waals surface area contributed by atoms with Crippen LogP contribution in [0.5, 0.6) is 0 Å². The smallest absolute Gasteiger partial charge is 0.0812 e. The SMILES string of the molecule is Br.Br.Br.Br.Cc1cc(N=Cc2ccccn2)c(C)cc1N=CCc1ccccn1.[Ni].[Ni]. The molecule has 3 rings (SSSR count). The van der Waals surface area contributed by atoms with E-state index in [0.717, 1.165) is 40.3 Å². The van der Waals surface area contributed by atoms with Gasteiger partial charge in [-0.15, -0.1) is 67.9 Å². The largest absolute Gasteiger partial charge is 0.261 e. The second-order valence-corrected chi connectivity index (χ2v) is 5.77. The average molecular weight is 769 g/mol. The standard InChI is InChI=1S/C21H20N4.4BrH.2Ni/c1-16-14-21(25-15-19-8-4-6-11-23-19)17(2)13-20(16)24-12-9-18-7-3-5-10-22-18;;;;;;/h3-8,10-15H,9H2,1-2H3;4*1H;;. The number of aromatic nitrogens is 2. The van der Waals surface area contributed by atoms with Crippen molar-refractivity contribution in [1.82, 2.24) is 9.97 Å². The van der Waals surface area contributed by atoms with Crippen molar-refractivity contribution in [1.29, 1.82) is 0 Å². The van der Waals surface area contributed by atoms with Crippen LogP contribution in [-0.2, 0) is 39.4 Å². The van der Waals surface area contributed by atoms with Gasteiger partial charge in [-0.3, -0.25) is 20.0 Å². The molecule has 0 aliphatic heterocycles. The minimum atomic E-state index is 0. The zero-order chi connectivity index (χ0) is 17.5. The molecule has 0 bridgehead atoms.